The van der Waals surface area contributed by atoms with Crippen LogP contribution in [0.25, 0.3) is 0 Å². The molecule has 0 radical (unpaired) electrons. The normalized spacial score (nSPS) is 14.0. The van der Waals surface area contributed by atoms with Gasteiger partial charge in [-0.2, -0.15) is 0 Å². The molecule has 0 aliphatic heterocycles. The van der Waals surface area contributed by atoms with Crippen molar-refractivity contribution in [2.75, 3.05) is 0 Å². The monoisotopic (exact) mass is 283 g/mol. The van der Waals surface area contributed by atoms with Crippen molar-refractivity contribution in [2.24, 2.45) is 0 Å². The standard InChI is InChI=1S/C17H21N3O/c1-11-10-18-16(19-11)17(2,3)20-15(21)14-8-7-12-5-4-6-13(12)9-14/h7-10H,4-6H2,1-3H3,(H,18,19)(H,20,21). The lowest BCUT2D eigenvalue weighted by atomic mass is 10.0. The fraction of sp³-hybridized carbons (Fsp3) is 0.412. The van der Waals surface area contributed by atoms with Crippen LogP contribution in [-0.2, 0) is 18.4 Å². The molecule has 1 aromatic carbocycles. The van der Waals surface area contributed by atoms with E-state index in [1.165, 1.54) is 17.5 Å². The molecule has 1 aromatic heterocycles. The van der Waals surface area contributed by atoms with Gasteiger partial charge in [-0.15, -0.1) is 0 Å². The molecule has 0 fully saturated rings. The van der Waals surface area contributed by atoms with Crippen LogP contribution in [0.4, 0.5) is 0 Å². The van der Waals surface area contributed by atoms with Crippen LogP contribution in [0.5, 0.6) is 0 Å². The van der Waals surface area contributed by atoms with Crippen molar-refractivity contribution in [3.05, 3.63) is 52.6 Å². The van der Waals surface area contributed by atoms with Gasteiger partial charge in [-0.25, -0.2) is 4.98 Å². The first kappa shape index (κ1) is 13.9. The predicted molar refractivity (Wildman–Crippen MR) is 82.3 cm³/mol. The van der Waals surface area contributed by atoms with Crippen LogP contribution in [0.15, 0.2) is 24.4 Å². The summed E-state index contributed by atoms with van der Waals surface area (Å²) in [5, 5.41) is 3.06. The molecule has 0 atom stereocenters. The molecule has 1 heterocycles. The average molecular weight is 283 g/mol. The smallest absolute Gasteiger partial charge is 0.252 e. The van der Waals surface area contributed by atoms with Gasteiger partial charge in [0.15, 0.2) is 0 Å². The quantitative estimate of drug-likeness (QED) is 0.910. The van der Waals surface area contributed by atoms with E-state index in [4.69, 9.17) is 0 Å². The first-order valence-electron chi connectivity index (χ1n) is 7.42. The van der Waals surface area contributed by atoms with Crippen LogP contribution in [0.2, 0.25) is 0 Å². The number of aromatic nitrogens is 2. The number of carbonyl (C=O) groups is 1. The van der Waals surface area contributed by atoms with Crippen molar-refractivity contribution in [1.82, 2.24) is 15.3 Å². The number of amides is 1. The van der Waals surface area contributed by atoms with Gasteiger partial charge in [0.2, 0.25) is 0 Å². The Morgan fingerprint density at radius 3 is 2.76 bits per heavy atom. The van der Waals surface area contributed by atoms with Gasteiger partial charge >= 0.3 is 0 Å². The Bertz CT molecular complexity index is 685. The predicted octanol–water partition coefficient (Wildman–Crippen LogP) is 2.87. The summed E-state index contributed by atoms with van der Waals surface area (Å²) in [5.41, 5.74) is 3.89. The Hall–Kier alpha value is -2.10. The van der Waals surface area contributed by atoms with Crippen LogP contribution in [0.3, 0.4) is 0 Å². The molecular weight excluding hydrogens is 262 g/mol. The maximum absolute atomic E-state index is 12.5. The zero-order valence-electron chi connectivity index (χ0n) is 12.8. The second-order valence-corrected chi connectivity index (χ2v) is 6.33. The molecule has 2 N–H and O–H groups in total. The summed E-state index contributed by atoms with van der Waals surface area (Å²) in [6, 6.07) is 6.03. The Balaban J connectivity index is 1.79. The molecule has 1 aliphatic rings. The summed E-state index contributed by atoms with van der Waals surface area (Å²) < 4.78 is 0. The minimum Gasteiger partial charge on any atom is -0.344 e. The van der Waals surface area contributed by atoms with Gasteiger partial charge in [0.05, 0.1) is 5.54 Å². The summed E-state index contributed by atoms with van der Waals surface area (Å²) in [4.78, 5) is 20.0. The van der Waals surface area contributed by atoms with Gasteiger partial charge in [-0.1, -0.05) is 6.07 Å². The van der Waals surface area contributed by atoms with Crippen molar-refractivity contribution in [1.29, 1.82) is 0 Å². The number of nitrogens with one attached hydrogen (secondary N) is 2. The number of fused-ring (bicyclic) bond motifs is 1. The maximum Gasteiger partial charge on any atom is 0.252 e. The SMILES string of the molecule is Cc1cnc(C(C)(C)NC(=O)c2ccc3c(c2)CCC3)[nH]1. The molecule has 0 bridgehead atoms. The van der Waals surface area contributed by atoms with Crippen LogP contribution >= 0.6 is 0 Å². The van der Waals surface area contributed by atoms with Crippen LogP contribution < -0.4 is 5.32 Å². The Morgan fingerprint density at radius 2 is 2.05 bits per heavy atom. The van der Waals surface area contributed by atoms with Gasteiger partial charge < -0.3 is 10.3 Å². The average Bonchev–Trinajstić information content (AvgIpc) is 3.05. The summed E-state index contributed by atoms with van der Waals surface area (Å²) in [5.74, 6) is 0.721. The number of benzene rings is 1. The van der Waals surface area contributed by atoms with E-state index in [1.54, 1.807) is 6.20 Å². The van der Waals surface area contributed by atoms with E-state index in [-0.39, 0.29) is 5.91 Å². The lowest BCUT2D eigenvalue weighted by molar-refractivity contribution is 0.0908. The van der Waals surface area contributed by atoms with Crippen molar-refractivity contribution < 1.29 is 4.79 Å². The molecule has 4 heteroatoms. The first-order chi connectivity index (χ1) is 9.95. The van der Waals surface area contributed by atoms with Crippen molar-refractivity contribution >= 4 is 5.91 Å². The highest BCUT2D eigenvalue weighted by Gasteiger charge is 2.26. The summed E-state index contributed by atoms with van der Waals surface area (Å²) in [6.07, 6.45) is 5.18. The molecule has 4 nitrogen and oxygen atoms in total. The van der Waals surface area contributed by atoms with E-state index in [0.29, 0.717) is 0 Å². The maximum atomic E-state index is 12.5. The number of rotatable bonds is 3. The molecule has 21 heavy (non-hydrogen) atoms. The molecule has 1 amide bonds. The largest absolute Gasteiger partial charge is 0.344 e. The lowest BCUT2D eigenvalue weighted by Crippen LogP contribution is -2.41. The number of nitrogens with zero attached hydrogens (tertiary/aromatic N) is 1. The molecule has 0 saturated carbocycles. The third-order valence-corrected chi connectivity index (χ3v) is 4.08. The molecule has 0 saturated heterocycles. The molecule has 110 valence electrons. The second-order valence-electron chi connectivity index (χ2n) is 6.33. The Labute approximate surface area is 125 Å². The minimum absolute atomic E-state index is 0.0521. The number of carbonyl (C=O) groups excluding carboxylic acids is 1. The molecule has 3 rings (SSSR count). The van der Waals surface area contributed by atoms with Crippen molar-refractivity contribution in [3.63, 3.8) is 0 Å². The molecule has 0 unspecified atom stereocenters. The molecule has 0 spiro atoms. The van der Waals surface area contributed by atoms with Crippen LogP contribution in [0, 0.1) is 6.92 Å². The molecule has 2 aromatic rings. The van der Waals surface area contributed by atoms with Crippen LogP contribution in [0.1, 0.15) is 53.3 Å². The second kappa shape index (κ2) is 5.02. The van der Waals surface area contributed by atoms with Gasteiger partial charge in [0.1, 0.15) is 5.82 Å². The number of imidazole rings is 1. The third-order valence-electron chi connectivity index (χ3n) is 4.08. The number of aromatic amines is 1. The zero-order chi connectivity index (χ0) is 15.0. The number of hydrogen-bond donors (Lipinski definition) is 2. The van der Waals surface area contributed by atoms with Crippen molar-refractivity contribution in [2.45, 2.75) is 45.6 Å². The Morgan fingerprint density at radius 1 is 1.29 bits per heavy atom. The summed E-state index contributed by atoms with van der Waals surface area (Å²) in [6.45, 7) is 5.86. The van der Waals surface area contributed by atoms with E-state index in [9.17, 15) is 4.79 Å². The third kappa shape index (κ3) is 2.71. The topological polar surface area (TPSA) is 57.8 Å². The molecule has 1 aliphatic carbocycles. The highest BCUT2D eigenvalue weighted by molar-refractivity contribution is 5.95. The highest BCUT2D eigenvalue weighted by Crippen LogP contribution is 2.24. The Kier molecular flexibility index (Phi) is 3.32. The fourth-order valence-electron chi connectivity index (χ4n) is 2.86. The van der Waals surface area contributed by atoms with Crippen LogP contribution in [-0.4, -0.2) is 15.9 Å². The highest BCUT2D eigenvalue weighted by atomic mass is 16.1. The van der Waals surface area contributed by atoms with E-state index < -0.39 is 5.54 Å². The first-order valence-corrected chi connectivity index (χ1v) is 7.42. The van der Waals surface area contributed by atoms with E-state index in [1.807, 2.05) is 32.9 Å². The van der Waals surface area contributed by atoms with Crippen molar-refractivity contribution in [3.8, 4) is 0 Å². The summed E-state index contributed by atoms with van der Waals surface area (Å²) in [7, 11) is 0. The van der Waals surface area contributed by atoms with Gasteiger partial charge in [0.25, 0.3) is 5.91 Å². The van der Waals surface area contributed by atoms with E-state index >= 15 is 0 Å². The van der Waals surface area contributed by atoms with E-state index in [2.05, 4.69) is 21.4 Å². The van der Waals surface area contributed by atoms with Gasteiger partial charge in [-0.05, 0) is 63.3 Å². The number of aryl methyl sites for hydroxylation is 3. The number of H-pyrrole nitrogens is 1. The molecular formula is C17H21N3O. The summed E-state index contributed by atoms with van der Waals surface area (Å²) >= 11 is 0. The zero-order valence-corrected chi connectivity index (χ0v) is 12.8. The fourth-order valence-corrected chi connectivity index (χ4v) is 2.86. The lowest BCUT2D eigenvalue weighted by Gasteiger charge is -2.24. The van der Waals surface area contributed by atoms with Gasteiger partial charge in [-0.3, -0.25) is 4.79 Å². The van der Waals surface area contributed by atoms with Gasteiger partial charge in [0, 0.05) is 17.5 Å². The minimum atomic E-state index is -0.523. The van der Waals surface area contributed by atoms with E-state index in [0.717, 1.165) is 29.9 Å². The number of hydrogen-bond acceptors (Lipinski definition) is 2.